The second-order valence-corrected chi connectivity index (χ2v) is 6.49. The van der Waals surface area contributed by atoms with Crippen LogP contribution in [0.1, 0.15) is 18.4 Å². The van der Waals surface area contributed by atoms with E-state index in [1.807, 2.05) is 31.2 Å². The maximum atomic E-state index is 12.3. The van der Waals surface area contributed by atoms with Gasteiger partial charge < -0.3 is 10.3 Å². The van der Waals surface area contributed by atoms with Crippen molar-refractivity contribution in [2.75, 3.05) is 5.32 Å². The van der Waals surface area contributed by atoms with E-state index < -0.39 is 5.69 Å². The molecule has 0 saturated heterocycles. The van der Waals surface area contributed by atoms with Gasteiger partial charge in [0.15, 0.2) is 0 Å². The summed E-state index contributed by atoms with van der Waals surface area (Å²) in [5.74, 6) is -0.137. The Morgan fingerprint density at radius 2 is 2.12 bits per heavy atom. The molecule has 3 rings (SSSR count). The van der Waals surface area contributed by atoms with Gasteiger partial charge in [-0.05, 0) is 42.5 Å². The van der Waals surface area contributed by atoms with Gasteiger partial charge in [0.2, 0.25) is 5.91 Å². The van der Waals surface area contributed by atoms with Crippen LogP contribution in [0.25, 0.3) is 10.2 Å². The van der Waals surface area contributed by atoms with Gasteiger partial charge >= 0.3 is 5.69 Å². The molecule has 1 aromatic carbocycles. The smallest absolute Gasteiger partial charge is 0.326 e. The number of carbonyl (C=O) groups is 1. The molecule has 3 aromatic rings. The van der Waals surface area contributed by atoms with Crippen LogP contribution in [0, 0.1) is 6.92 Å². The van der Waals surface area contributed by atoms with Crippen LogP contribution < -0.4 is 16.6 Å². The highest BCUT2D eigenvalue weighted by molar-refractivity contribution is 7.17. The highest BCUT2D eigenvalue weighted by Crippen LogP contribution is 2.12. The summed E-state index contributed by atoms with van der Waals surface area (Å²) in [5.41, 5.74) is 1.63. The summed E-state index contributed by atoms with van der Waals surface area (Å²) in [7, 11) is 0. The molecule has 124 valence electrons. The number of hydrogen-bond donors (Lipinski definition) is 2. The average molecular weight is 343 g/mol. The van der Waals surface area contributed by atoms with E-state index in [0.717, 1.165) is 15.8 Å². The van der Waals surface area contributed by atoms with Crippen molar-refractivity contribution in [3.05, 3.63) is 62.1 Å². The molecule has 7 heteroatoms. The summed E-state index contributed by atoms with van der Waals surface area (Å²) in [6.45, 7) is 2.16. The second-order valence-electron chi connectivity index (χ2n) is 5.57. The molecule has 0 spiro atoms. The van der Waals surface area contributed by atoms with Crippen molar-refractivity contribution in [3.63, 3.8) is 0 Å². The lowest BCUT2D eigenvalue weighted by molar-refractivity contribution is -0.116. The van der Waals surface area contributed by atoms with E-state index in [0.29, 0.717) is 16.6 Å². The standard InChI is InChI=1S/C17H17N3O3S/c1-11-4-2-5-12(10-11)18-14(21)6-3-8-20-16(22)15-13(7-9-24-15)19-17(20)23/h2,4-5,7,9-10H,3,6,8H2,1H3,(H,18,21)(H,19,23). The fourth-order valence-electron chi connectivity index (χ4n) is 2.52. The molecule has 0 radical (unpaired) electrons. The summed E-state index contributed by atoms with van der Waals surface area (Å²) in [6, 6.07) is 9.25. The summed E-state index contributed by atoms with van der Waals surface area (Å²) in [4.78, 5) is 38.9. The first kappa shape index (κ1) is 16.2. The minimum Gasteiger partial charge on any atom is -0.326 e. The van der Waals surface area contributed by atoms with E-state index >= 15 is 0 Å². The van der Waals surface area contributed by atoms with Crippen molar-refractivity contribution < 1.29 is 4.79 Å². The van der Waals surface area contributed by atoms with Gasteiger partial charge in [0, 0.05) is 18.7 Å². The Morgan fingerprint density at radius 3 is 2.92 bits per heavy atom. The van der Waals surface area contributed by atoms with Gasteiger partial charge in [-0.3, -0.25) is 14.2 Å². The van der Waals surface area contributed by atoms with Crippen molar-refractivity contribution >= 4 is 33.1 Å². The van der Waals surface area contributed by atoms with E-state index in [-0.39, 0.29) is 24.4 Å². The van der Waals surface area contributed by atoms with Gasteiger partial charge in [-0.15, -0.1) is 11.3 Å². The monoisotopic (exact) mass is 343 g/mol. The minimum atomic E-state index is -0.440. The number of rotatable bonds is 5. The molecule has 0 aliphatic rings. The molecule has 0 aliphatic heterocycles. The number of nitrogens with zero attached hydrogens (tertiary/aromatic N) is 1. The first-order valence-electron chi connectivity index (χ1n) is 7.61. The van der Waals surface area contributed by atoms with Gasteiger partial charge in [0.05, 0.1) is 5.52 Å². The van der Waals surface area contributed by atoms with Crippen LogP contribution in [0.4, 0.5) is 5.69 Å². The van der Waals surface area contributed by atoms with Crippen molar-refractivity contribution in [2.45, 2.75) is 26.3 Å². The SMILES string of the molecule is Cc1cccc(NC(=O)CCCn2c(=O)[nH]c3ccsc3c2=O)c1. The van der Waals surface area contributed by atoms with Gasteiger partial charge in [-0.1, -0.05) is 12.1 Å². The lowest BCUT2D eigenvalue weighted by Gasteiger charge is -2.07. The number of nitrogens with one attached hydrogen (secondary N) is 2. The maximum Gasteiger partial charge on any atom is 0.328 e. The summed E-state index contributed by atoms with van der Waals surface area (Å²) < 4.78 is 1.68. The van der Waals surface area contributed by atoms with Gasteiger partial charge in [-0.2, -0.15) is 0 Å². The van der Waals surface area contributed by atoms with Gasteiger partial charge in [0.25, 0.3) is 5.56 Å². The van der Waals surface area contributed by atoms with Gasteiger partial charge in [-0.25, -0.2) is 4.79 Å². The van der Waals surface area contributed by atoms with Gasteiger partial charge in [0.1, 0.15) is 4.70 Å². The maximum absolute atomic E-state index is 12.3. The third-order valence-corrected chi connectivity index (χ3v) is 4.58. The van der Waals surface area contributed by atoms with E-state index in [2.05, 4.69) is 10.3 Å². The first-order valence-corrected chi connectivity index (χ1v) is 8.49. The topological polar surface area (TPSA) is 84.0 Å². The first-order chi connectivity index (χ1) is 11.5. The number of H-pyrrole nitrogens is 1. The molecule has 2 N–H and O–H groups in total. The van der Waals surface area contributed by atoms with Crippen molar-refractivity contribution in [1.29, 1.82) is 0 Å². The molecule has 24 heavy (non-hydrogen) atoms. The zero-order chi connectivity index (χ0) is 17.1. The molecule has 6 nitrogen and oxygen atoms in total. The molecule has 0 bridgehead atoms. The average Bonchev–Trinajstić information content (AvgIpc) is 2.99. The summed E-state index contributed by atoms with van der Waals surface area (Å²) in [6.07, 6.45) is 0.653. The number of fused-ring (bicyclic) bond motifs is 1. The van der Waals surface area contributed by atoms with E-state index in [9.17, 15) is 14.4 Å². The van der Waals surface area contributed by atoms with Crippen molar-refractivity contribution in [1.82, 2.24) is 9.55 Å². The zero-order valence-electron chi connectivity index (χ0n) is 13.2. The van der Waals surface area contributed by atoms with Crippen LogP contribution in [0.2, 0.25) is 0 Å². The van der Waals surface area contributed by atoms with Crippen LogP contribution in [0.5, 0.6) is 0 Å². The zero-order valence-corrected chi connectivity index (χ0v) is 14.0. The Kier molecular flexibility index (Phi) is 4.61. The van der Waals surface area contributed by atoms with Crippen LogP contribution in [0.15, 0.2) is 45.3 Å². The molecule has 0 saturated carbocycles. The molecule has 0 aliphatic carbocycles. The second kappa shape index (κ2) is 6.84. The Balaban J connectivity index is 1.63. The third-order valence-electron chi connectivity index (χ3n) is 3.68. The molecular weight excluding hydrogens is 326 g/mol. The highest BCUT2D eigenvalue weighted by Gasteiger charge is 2.09. The number of benzene rings is 1. The Morgan fingerprint density at radius 1 is 1.29 bits per heavy atom. The lowest BCUT2D eigenvalue weighted by Crippen LogP contribution is -2.34. The number of carbonyl (C=O) groups excluding carboxylic acids is 1. The molecule has 0 unspecified atom stereocenters. The number of anilines is 1. The van der Waals surface area contributed by atoms with Crippen molar-refractivity contribution in [3.8, 4) is 0 Å². The van der Waals surface area contributed by atoms with Crippen LogP contribution >= 0.6 is 11.3 Å². The number of aryl methyl sites for hydroxylation is 1. The Labute approximate surface area is 141 Å². The molecular formula is C17H17N3O3S. The molecule has 1 amide bonds. The van der Waals surface area contributed by atoms with E-state index in [1.165, 1.54) is 11.3 Å². The third kappa shape index (κ3) is 3.46. The molecule has 2 heterocycles. The Hall–Kier alpha value is -2.67. The molecule has 2 aromatic heterocycles. The number of hydrogen-bond acceptors (Lipinski definition) is 4. The fourth-order valence-corrected chi connectivity index (χ4v) is 3.32. The summed E-state index contributed by atoms with van der Waals surface area (Å²) in [5, 5.41) is 4.58. The summed E-state index contributed by atoms with van der Waals surface area (Å²) >= 11 is 1.30. The number of thiophene rings is 1. The fraction of sp³-hybridized carbons (Fsp3) is 0.235. The quantitative estimate of drug-likeness (QED) is 0.746. The normalized spacial score (nSPS) is 10.9. The van der Waals surface area contributed by atoms with Crippen LogP contribution in [-0.2, 0) is 11.3 Å². The Bertz CT molecular complexity index is 1000. The molecule has 0 atom stereocenters. The van der Waals surface area contributed by atoms with Crippen molar-refractivity contribution in [2.24, 2.45) is 0 Å². The lowest BCUT2D eigenvalue weighted by atomic mass is 10.2. The largest absolute Gasteiger partial charge is 0.328 e. The van der Waals surface area contributed by atoms with Crippen LogP contribution in [0.3, 0.4) is 0 Å². The van der Waals surface area contributed by atoms with E-state index in [4.69, 9.17) is 0 Å². The van der Waals surface area contributed by atoms with Crippen LogP contribution in [-0.4, -0.2) is 15.5 Å². The minimum absolute atomic E-state index is 0.137. The predicted octanol–water partition coefficient (Wildman–Crippen LogP) is 2.48. The molecule has 0 fully saturated rings. The number of aromatic nitrogens is 2. The number of aromatic amines is 1. The highest BCUT2D eigenvalue weighted by atomic mass is 32.1. The predicted molar refractivity (Wildman–Crippen MR) is 95.7 cm³/mol. The van der Waals surface area contributed by atoms with E-state index in [1.54, 1.807) is 11.4 Å². The number of amides is 1.